The highest BCUT2D eigenvalue weighted by molar-refractivity contribution is 7.88. The number of urea groups is 1. The normalized spacial score (nSPS) is 21.6. The second-order valence-electron chi connectivity index (χ2n) is 11.1. The molecule has 3 unspecified atom stereocenters. The highest BCUT2D eigenvalue weighted by Crippen LogP contribution is 2.27. The molecule has 42 heavy (non-hydrogen) atoms. The minimum atomic E-state index is -3.52. The lowest BCUT2D eigenvalue weighted by Crippen LogP contribution is -2.58. The van der Waals surface area contributed by atoms with E-state index in [1.807, 2.05) is 6.07 Å². The summed E-state index contributed by atoms with van der Waals surface area (Å²) in [4.78, 5) is 28.8. The minimum absolute atomic E-state index is 0.00359. The molecule has 0 aliphatic carbocycles. The van der Waals surface area contributed by atoms with Gasteiger partial charge in [-0.05, 0) is 71.9 Å². The molecule has 0 spiro atoms. The molecule has 2 N–H and O–H groups in total. The fraction of sp³-hybridized carbons (Fsp3) is 0.464. The summed E-state index contributed by atoms with van der Waals surface area (Å²) in [7, 11) is -1.81. The number of anilines is 1. The van der Waals surface area contributed by atoms with Crippen molar-refractivity contribution in [2.24, 2.45) is 18.9 Å². The highest BCUT2D eigenvalue weighted by atomic mass is 32.2. The smallest absolute Gasteiger partial charge is 0.319 e. The Bertz CT molecular complexity index is 1530. The molecule has 2 aliphatic heterocycles. The molecule has 1 aromatic heterocycles. The fourth-order valence-electron chi connectivity index (χ4n) is 5.81. The van der Waals surface area contributed by atoms with Crippen LogP contribution in [0, 0.1) is 17.7 Å². The van der Waals surface area contributed by atoms with E-state index in [0.29, 0.717) is 31.0 Å². The molecule has 14 heteroatoms. The molecular weight excluding hydrogens is 563 g/mol. The van der Waals surface area contributed by atoms with Crippen molar-refractivity contribution in [3.05, 3.63) is 59.9 Å². The molecule has 3 atom stereocenters. The van der Waals surface area contributed by atoms with E-state index in [4.69, 9.17) is 0 Å². The number of amides is 3. The van der Waals surface area contributed by atoms with Gasteiger partial charge in [-0.1, -0.05) is 24.3 Å². The molecule has 3 amide bonds. The topological polar surface area (TPSA) is 142 Å². The molecule has 2 saturated heterocycles. The van der Waals surface area contributed by atoms with E-state index in [-0.39, 0.29) is 30.7 Å². The summed E-state index contributed by atoms with van der Waals surface area (Å²) < 4.78 is 41.0. The molecule has 5 rings (SSSR count). The number of aryl methyl sites for hydroxylation is 1. The predicted molar refractivity (Wildman–Crippen MR) is 154 cm³/mol. The van der Waals surface area contributed by atoms with Gasteiger partial charge in [-0.3, -0.25) is 4.79 Å². The van der Waals surface area contributed by atoms with Gasteiger partial charge in [-0.15, -0.1) is 5.10 Å². The lowest BCUT2D eigenvalue weighted by molar-refractivity contribution is -0.139. The van der Waals surface area contributed by atoms with Crippen molar-refractivity contribution < 1.29 is 22.4 Å². The molecule has 2 fully saturated rings. The predicted octanol–water partition coefficient (Wildman–Crippen LogP) is 2.27. The number of sulfonamides is 1. The molecule has 3 aromatic rings. The number of nitrogens with one attached hydrogen (secondary N) is 2. The van der Waals surface area contributed by atoms with Crippen molar-refractivity contribution in [3.63, 3.8) is 0 Å². The molecule has 2 aliphatic rings. The van der Waals surface area contributed by atoms with E-state index in [1.54, 1.807) is 42.3 Å². The molecule has 0 bridgehead atoms. The maximum atomic E-state index is 13.9. The van der Waals surface area contributed by atoms with Crippen LogP contribution in [-0.4, -0.2) is 88.2 Å². The number of hydrogen-bond donors (Lipinski definition) is 2. The van der Waals surface area contributed by atoms with Crippen LogP contribution in [-0.2, 0) is 28.3 Å². The van der Waals surface area contributed by atoms with Gasteiger partial charge in [0, 0.05) is 50.5 Å². The van der Waals surface area contributed by atoms with Gasteiger partial charge in [0.1, 0.15) is 5.82 Å². The van der Waals surface area contributed by atoms with E-state index in [1.165, 1.54) is 21.1 Å². The second-order valence-corrected chi connectivity index (χ2v) is 13.0. The number of tetrazole rings is 1. The largest absolute Gasteiger partial charge is 0.342 e. The lowest BCUT2D eigenvalue weighted by atomic mass is 9.88. The van der Waals surface area contributed by atoms with Crippen molar-refractivity contribution >= 4 is 27.6 Å². The van der Waals surface area contributed by atoms with Crippen LogP contribution in [0.15, 0.2) is 48.5 Å². The first kappa shape index (κ1) is 29.6. The van der Waals surface area contributed by atoms with Gasteiger partial charge in [0.05, 0.1) is 12.2 Å². The zero-order chi connectivity index (χ0) is 29.9. The summed E-state index contributed by atoms with van der Waals surface area (Å²) in [5.41, 5.74) is 2.24. The van der Waals surface area contributed by atoms with E-state index >= 15 is 0 Å². The number of rotatable bonds is 7. The van der Waals surface area contributed by atoms with Crippen LogP contribution in [0.3, 0.4) is 0 Å². The molecule has 0 radical (unpaired) electrons. The van der Waals surface area contributed by atoms with Crippen LogP contribution in [0.1, 0.15) is 24.8 Å². The van der Waals surface area contributed by atoms with Crippen LogP contribution in [0.25, 0.3) is 11.4 Å². The zero-order valence-corrected chi connectivity index (χ0v) is 24.4. The summed E-state index contributed by atoms with van der Waals surface area (Å²) in [5.74, 6) is -0.454. The van der Waals surface area contributed by atoms with Crippen LogP contribution in [0.5, 0.6) is 0 Å². The van der Waals surface area contributed by atoms with Crippen LogP contribution >= 0.6 is 0 Å². The second kappa shape index (κ2) is 12.5. The Labute approximate surface area is 244 Å². The number of halogens is 1. The first-order valence-corrected chi connectivity index (χ1v) is 15.8. The average Bonchev–Trinajstić information content (AvgIpc) is 3.39. The van der Waals surface area contributed by atoms with Crippen LogP contribution in [0.4, 0.5) is 14.9 Å². The number of nitrogens with zero attached hydrogens (tertiary/aromatic N) is 6. The monoisotopic (exact) mass is 598 g/mol. The van der Waals surface area contributed by atoms with Gasteiger partial charge in [0.25, 0.3) is 0 Å². The maximum absolute atomic E-state index is 13.9. The summed E-state index contributed by atoms with van der Waals surface area (Å²) in [6, 6.07) is 12.4. The number of carbonyl (C=O) groups excluding carboxylic acids is 2. The van der Waals surface area contributed by atoms with Crippen molar-refractivity contribution in [2.45, 2.75) is 31.7 Å². The van der Waals surface area contributed by atoms with Gasteiger partial charge in [0.2, 0.25) is 15.9 Å². The van der Waals surface area contributed by atoms with Crippen molar-refractivity contribution in [3.8, 4) is 11.4 Å². The van der Waals surface area contributed by atoms with Gasteiger partial charge in [-0.25, -0.2) is 26.6 Å². The Hall–Kier alpha value is -3.91. The molecule has 12 nitrogen and oxygen atoms in total. The molecule has 0 saturated carbocycles. The Balaban J connectivity index is 1.27. The van der Waals surface area contributed by atoms with Crippen molar-refractivity contribution in [1.82, 2.24) is 34.7 Å². The summed E-state index contributed by atoms with van der Waals surface area (Å²) in [6.45, 7) is 1.29. The Kier molecular flexibility index (Phi) is 8.82. The first-order valence-electron chi connectivity index (χ1n) is 14.0. The van der Waals surface area contributed by atoms with Crippen molar-refractivity contribution in [2.75, 3.05) is 37.8 Å². The van der Waals surface area contributed by atoms with Gasteiger partial charge >= 0.3 is 6.03 Å². The van der Waals surface area contributed by atoms with Crippen molar-refractivity contribution in [1.29, 1.82) is 0 Å². The standard InChI is InChI=1S/C28H35FN8O4S/c1-35-26(32-33-34-35)21-6-3-7-23(16-21)30-28(39)31-25-12-14-37(42(2,40)41)18-24(25)27(38)36-13-4-5-20(17-36)15-19-8-10-22(29)11-9-19/h3,6-11,16,20,24-25H,4-5,12-15,17-18H2,1-2H3,(H2,30,31,39). The summed E-state index contributed by atoms with van der Waals surface area (Å²) >= 11 is 0. The van der Waals surface area contributed by atoms with Crippen LogP contribution < -0.4 is 10.6 Å². The number of piperidine rings is 2. The fourth-order valence-corrected chi connectivity index (χ4v) is 6.68. The number of benzene rings is 2. The number of aromatic nitrogens is 4. The Morgan fingerprint density at radius 2 is 1.86 bits per heavy atom. The third-order valence-electron chi connectivity index (χ3n) is 7.95. The number of likely N-dealkylation sites (tertiary alicyclic amines) is 1. The van der Waals surface area contributed by atoms with E-state index in [2.05, 4.69) is 26.2 Å². The zero-order valence-electron chi connectivity index (χ0n) is 23.6. The highest BCUT2D eigenvalue weighted by Gasteiger charge is 2.41. The lowest BCUT2D eigenvalue weighted by Gasteiger charge is -2.41. The summed E-state index contributed by atoms with van der Waals surface area (Å²) in [6.07, 6.45) is 3.91. The molecule has 3 heterocycles. The third-order valence-corrected chi connectivity index (χ3v) is 9.21. The third kappa shape index (κ3) is 7.10. The van der Waals surface area contributed by atoms with Crippen LogP contribution in [0.2, 0.25) is 0 Å². The van der Waals surface area contributed by atoms with Gasteiger partial charge < -0.3 is 15.5 Å². The minimum Gasteiger partial charge on any atom is -0.342 e. The summed E-state index contributed by atoms with van der Waals surface area (Å²) in [5, 5.41) is 17.2. The van der Waals surface area contributed by atoms with E-state index < -0.39 is 28.0 Å². The number of carbonyl (C=O) groups is 2. The maximum Gasteiger partial charge on any atom is 0.319 e. The quantitative estimate of drug-likeness (QED) is 0.425. The Morgan fingerprint density at radius 1 is 1.07 bits per heavy atom. The molecular formula is C28H35FN8O4S. The molecule has 2 aromatic carbocycles. The van der Waals surface area contributed by atoms with Gasteiger partial charge in [-0.2, -0.15) is 0 Å². The SMILES string of the molecule is Cn1nnnc1-c1cccc(NC(=O)NC2CCN(S(C)(=O)=O)CC2C(=O)N2CCCC(Cc3ccc(F)cc3)C2)c1. The van der Waals surface area contributed by atoms with E-state index in [0.717, 1.165) is 36.6 Å². The van der Waals surface area contributed by atoms with Gasteiger partial charge in [0.15, 0.2) is 5.82 Å². The van der Waals surface area contributed by atoms with E-state index in [9.17, 15) is 22.4 Å². The average molecular weight is 599 g/mol. The first-order chi connectivity index (χ1) is 20.1. The number of hydrogen-bond acceptors (Lipinski definition) is 7. The Morgan fingerprint density at radius 3 is 2.57 bits per heavy atom. The molecule has 224 valence electrons.